The smallest absolute Gasteiger partial charge is 0.411 e. The second-order valence-corrected chi connectivity index (χ2v) is 5.71. The Hall–Kier alpha value is -1.84. The molecule has 4 heteroatoms. The van der Waals surface area contributed by atoms with Crippen molar-refractivity contribution in [1.82, 2.24) is 4.90 Å². The van der Waals surface area contributed by atoms with Gasteiger partial charge < -0.3 is 9.53 Å². The molecule has 0 aromatic heterocycles. The predicted octanol–water partition coefficient (Wildman–Crippen LogP) is 2.55. The van der Waals surface area contributed by atoms with E-state index in [1.807, 2.05) is 24.3 Å². The van der Waals surface area contributed by atoms with Crippen LogP contribution in [0.2, 0.25) is 0 Å². The third kappa shape index (κ3) is 3.13. The highest BCUT2D eigenvalue weighted by Crippen LogP contribution is 2.24. The van der Waals surface area contributed by atoms with Gasteiger partial charge in [-0.15, -0.1) is 0 Å². The first-order valence-electron chi connectivity index (χ1n) is 6.85. The molecule has 1 heterocycles. The molecule has 0 N–H and O–H groups in total. The van der Waals surface area contributed by atoms with E-state index in [2.05, 4.69) is 0 Å². The van der Waals surface area contributed by atoms with E-state index in [9.17, 15) is 9.59 Å². The molecule has 0 radical (unpaired) electrons. The summed E-state index contributed by atoms with van der Waals surface area (Å²) in [7, 11) is 0. The summed E-state index contributed by atoms with van der Waals surface area (Å²) < 4.78 is 12.7. The summed E-state index contributed by atoms with van der Waals surface area (Å²) in [5, 5.41) is 0. The molecule has 0 bridgehead atoms. The highest BCUT2D eigenvalue weighted by Gasteiger charge is 2.32. The van der Waals surface area contributed by atoms with E-state index < -0.39 is 24.0 Å². The number of benzene rings is 1. The van der Waals surface area contributed by atoms with Crippen LogP contribution < -0.4 is 0 Å². The van der Waals surface area contributed by atoms with Gasteiger partial charge >= 0.3 is 6.09 Å². The summed E-state index contributed by atoms with van der Waals surface area (Å²) in [5.74, 6) is 0. The first-order chi connectivity index (χ1) is 9.28. The van der Waals surface area contributed by atoms with E-state index in [0.717, 1.165) is 11.1 Å². The Morgan fingerprint density at radius 3 is 2.63 bits per heavy atom. The highest BCUT2D eigenvalue weighted by atomic mass is 16.6. The summed E-state index contributed by atoms with van der Waals surface area (Å²) in [6.07, 6.45) is -0.930. The molecule has 4 nitrogen and oxygen atoms in total. The maximum absolute atomic E-state index is 12.2. The molecule has 19 heavy (non-hydrogen) atoms. The van der Waals surface area contributed by atoms with Crippen LogP contribution in [0.5, 0.6) is 0 Å². The van der Waals surface area contributed by atoms with Crippen molar-refractivity contribution in [2.75, 3.05) is 0 Å². The van der Waals surface area contributed by atoms with E-state index in [1.54, 1.807) is 20.8 Å². The zero-order valence-electron chi connectivity index (χ0n) is 12.5. The molecular formula is C15H19NO3. The number of aldehydes is 1. The number of hydrogen-bond acceptors (Lipinski definition) is 3. The zero-order valence-corrected chi connectivity index (χ0v) is 11.5. The minimum Gasteiger partial charge on any atom is -0.444 e. The molecule has 1 aliphatic rings. The van der Waals surface area contributed by atoms with E-state index in [-0.39, 0.29) is 0 Å². The lowest BCUT2D eigenvalue weighted by atomic mass is 9.95. The summed E-state index contributed by atoms with van der Waals surface area (Å²) >= 11 is 0. The van der Waals surface area contributed by atoms with Crippen LogP contribution in [0.15, 0.2) is 24.3 Å². The van der Waals surface area contributed by atoms with Crippen LogP contribution in [0.25, 0.3) is 0 Å². The molecule has 1 aliphatic heterocycles. The van der Waals surface area contributed by atoms with Gasteiger partial charge in [0, 0.05) is 6.42 Å². The van der Waals surface area contributed by atoms with E-state index in [4.69, 9.17) is 6.11 Å². The van der Waals surface area contributed by atoms with Crippen LogP contribution >= 0.6 is 0 Å². The Kier molecular flexibility index (Phi) is 3.23. The summed E-state index contributed by atoms with van der Waals surface area (Å²) in [4.78, 5) is 25.1. The second-order valence-electron chi connectivity index (χ2n) is 5.71. The number of nitrogens with zero attached hydrogens (tertiary/aromatic N) is 1. The van der Waals surface area contributed by atoms with Gasteiger partial charge in [-0.25, -0.2) is 4.79 Å². The van der Waals surface area contributed by atoms with Crippen molar-refractivity contribution in [3.63, 3.8) is 0 Å². The molecule has 0 spiro atoms. The minimum atomic E-state index is -0.764. The van der Waals surface area contributed by atoms with Crippen molar-refractivity contribution >= 4 is 12.4 Å². The molecular weight excluding hydrogens is 242 g/mol. The zero-order chi connectivity index (χ0) is 14.9. The lowest BCUT2D eigenvalue weighted by molar-refractivity contribution is -0.113. The molecule has 0 saturated carbocycles. The average molecular weight is 262 g/mol. The SMILES string of the molecule is [2H]C(=O)C1Cc2ccccc2CN1C(=O)OC(C)(C)C. The quantitative estimate of drug-likeness (QED) is 0.731. The van der Waals surface area contributed by atoms with Gasteiger partial charge in [0.15, 0.2) is 0 Å². The van der Waals surface area contributed by atoms with Gasteiger partial charge in [0.2, 0.25) is 0 Å². The number of carbonyl (C=O) groups excluding carboxylic acids is 2. The van der Waals surface area contributed by atoms with Crippen LogP contribution in [-0.4, -0.2) is 28.9 Å². The molecule has 102 valence electrons. The fourth-order valence-corrected chi connectivity index (χ4v) is 2.14. The van der Waals surface area contributed by atoms with E-state index in [1.165, 1.54) is 4.90 Å². The maximum atomic E-state index is 12.2. The number of rotatable bonds is 1. The summed E-state index contributed by atoms with van der Waals surface area (Å²) in [6, 6.07) is 6.89. The maximum Gasteiger partial charge on any atom is 0.411 e. The second kappa shape index (κ2) is 5.03. The minimum absolute atomic E-state index is 0.306. The number of hydrogen-bond donors (Lipinski definition) is 0. The van der Waals surface area contributed by atoms with Crippen LogP contribution in [0, 0.1) is 0 Å². The molecule has 0 aliphatic carbocycles. The van der Waals surface area contributed by atoms with Gasteiger partial charge in [0.05, 0.1) is 12.6 Å². The first-order valence-corrected chi connectivity index (χ1v) is 6.35. The monoisotopic (exact) mass is 262 g/mol. The molecule has 1 aromatic carbocycles. The molecule has 2 rings (SSSR count). The molecule has 1 amide bonds. The van der Waals surface area contributed by atoms with E-state index in [0.29, 0.717) is 13.0 Å². The Labute approximate surface area is 114 Å². The van der Waals surface area contributed by atoms with Crippen LogP contribution in [0.3, 0.4) is 0 Å². The fraction of sp³-hybridized carbons (Fsp3) is 0.467. The van der Waals surface area contributed by atoms with E-state index >= 15 is 0 Å². The molecule has 0 fully saturated rings. The summed E-state index contributed by atoms with van der Waals surface area (Å²) in [6.45, 7) is 5.64. The standard InChI is InChI=1S/C15H19NO3/c1-15(2,3)19-14(18)16-9-12-7-5-4-6-11(12)8-13(16)10-17/h4-7,10,13H,8-9H2,1-3H3/i10D. The van der Waals surface area contributed by atoms with Crippen molar-refractivity contribution in [3.05, 3.63) is 35.4 Å². The van der Waals surface area contributed by atoms with Crippen molar-refractivity contribution in [2.45, 2.75) is 45.4 Å². The molecule has 0 saturated heterocycles. The number of ether oxygens (including phenoxy) is 1. The fourth-order valence-electron chi connectivity index (χ4n) is 2.14. The predicted molar refractivity (Wildman–Crippen MR) is 71.8 cm³/mol. The lowest BCUT2D eigenvalue weighted by Gasteiger charge is -2.35. The van der Waals surface area contributed by atoms with Crippen molar-refractivity contribution in [2.24, 2.45) is 0 Å². The topological polar surface area (TPSA) is 46.6 Å². The molecule has 1 unspecified atom stereocenters. The molecule has 1 atom stereocenters. The highest BCUT2D eigenvalue weighted by molar-refractivity contribution is 5.75. The van der Waals surface area contributed by atoms with Gasteiger partial charge in [0.1, 0.15) is 13.2 Å². The van der Waals surface area contributed by atoms with Crippen LogP contribution in [0.4, 0.5) is 4.79 Å². The summed E-state index contributed by atoms with van der Waals surface area (Å²) in [5.41, 5.74) is 1.39. The largest absolute Gasteiger partial charge is 0.444 e. The normalized spacial score (nSPS) is 19.4. The third-order valence-corrected chi connectivity index (χ3v) is 3.01. The lowest BCUT2D eigenvalue weighted by Crippen LogP contribution is -2.47. The van der Waals surface area contributed by atoms with Gasteiger partial charge in [-0.1, -0.05) is 24.3 Å². The Balaban J connectivity index is 2.27. The van der Waals surface area contributed by atoms with Gasteiger partial charge in [-0.2, -0.15) is 0 Å². The van der Waals surface area contributed by atoms with Gasteiger partial charge in [0.25, 0.3) is 0 Å². The number of carbonyl (C=O) groups is 2. The number of fused-ring (bicyclic) bond motifs is 1. The Morgan fingerprint density at radius 1 is 1.42 bits per heavy atom. The number of amides is 1. The van der Waals surface area contributed by atoms with Gasteiger partial charge in [-0.05, 0) is 31.9 Å². The third-order valence-electron chi connectivity index (χ3n) is 3.01. The van der Waals surface area contributed by atoms with Crippen LogP contribution in [0.1, 0.15) is 33.3 Å². The van der Waals surface area contributed by atoms with Crippen molar-refractivity contribution < 1.29 is 15.7 Å². The van der Waals surface area contributed by atoms with Crippen LogP contribution in [-0.2, 0) is 22.5 Å². The van der Waals surface area contributed by atoms with Gasteiger partial charge in [-0.3, -0.25) is 4.90 Å². The first kappa shape index (κ1) is 12.2. The van der Waals surface area contributed by atoms with Crippen molar-refractivity contribution in [1.29, 1.82) is 0 Å². The average Bonchev–Trinajstić information content (AvgIpc) is 2.35. The molecule has 1 aromatic rings. The van der Waals surface area contributed by atoms with Crippen molar-refractivity contribution in [3.8, 4) is 0 Å². The Bertz CT molecular complexity index is 536. The Morgan fingerprint density at radius 2 is 2.05 bits per heavy atom.